The summed E-state index contributed by atoms with van der Waals surface area (Å²) in [6.45, 7) is 3.27. The Balaban J connectivity index is 2.50. The predicted molar refractivity (Wildman–Crippen MR) is 90.9 cm³/mol. The van der Waals surface area contributed by atoms with Crippen molar-refractivity contribution in [3.63, 3.8) is 0 Å². The van der Waals surface area contributed by atoms with Gasteiger partial charge in [-0.15, -0.1) is 0 Å². The van der Waals surface area contributed by atoms with E-state index in [1.807, 2.05) is 13.0 Å². The van der Waals surface area contributed by atoms with Crippen molar-refractivity contribution in [2.75, 3.05) is 0 Å². The van der Waals surface area contributed by atoms with E-state index in [2.05, 4.69) is 0 Å². The first-order valence-corrected chi connectivity index (χ1v) is 7.48. The molecule has 2 aromatic carbocycles. The molecule has 6 nitrogen and oxygen atoms in total. The second-order valence-electron chi connectivity index (χ2n) is 5.66. The molecule has 6 heteroatoms. The van der Waals surface area contributed by atoms with Crippen molar-refractivity contribution in [2.24, 2.45) is 0 Å². The number of hydrogen-bond donors (Lipinski definition) is 1. The van der Waals surface area contributed by atoms with E-state index in [1.54, 1.807) is 42.5 Å². The molecule has 24 heavy (non-hydrogen) atoms. The number of fused-ring (bicyclic) bond motifs is 1. The van der Waals surface area contributed by atoms with Crippen LogP contribution >= 0.6 is 0 Å². The number of nitrogens with zero attached hydrogens (tertiary/aromatic N) is 2. The van der Waals surface area contributed by atoms with Crippen LogP contribution in [0.1, 0.15) is 18.5 Å². The van der Waals surface area contributed by atoms with Crippen molar-refractivity contribution in [2.45, 2.75) is 19.9 Å². The first kappa shape index (κ1) is 15.7. The SMILES string of the molecule is Cc1cccc(-n2c(=O)c3ccccc3n([C@@H](C)C(=O)O)c2=O)c1. The molecule has 1 atom stereocenters. The lowest BCUT2D eigenvalue weighted by molar-refractivity contribution is -0.140. The highest BCUT2D eigenvalue weighted by Crippen LogP contribution is 2.15. The third-order valence-electron chi connectivity index (χ3n) is 4.00. The Labute approximate surface area is 137 Å². The number of aliphatic carboxylic acids is 1. The Kier molecular flexibility index (Phi) is 3.81. The Morgan fingerprint density at radius 2 is 1.79 bits per heavy atom. The maximum absolute atomic E-state index is 12.9. The molecule has 0 unspecified atom stereocenters. The lowest BCUT2D eigenvalue weighted by Gasteiger charge is -2.17. The number of carboxylic acid groups (broad SMARTS) is 1. The number of aromatic nitrogens is 2. The summed E-state index contributed by atoms with van der Waals surface area (Å²) >= 11 is 0. The van der Waals surface area contributed by atoms with Crippen LogP contribution in [0.3, 0.4) is 0 Å². The van der Waals surface area contributed by atoms with Gasteiger partial charge in [0.1, 0.15) is 6.04 Å². The quantitative estimate of drug-likeness (QED) is 0.800. The molecule has 1 N–H and O–H groups in total. The lowest BCUT2D eigenvalue weighted by Crippen LogP contribution is -2.41. The molecule has 0 aliphatic carbocycles. The molecule has 0 aliphatic rings. The van der Waals surface area contributed by atoms with Crippen LogP contribution in [-0.2, 0) is 4.79 Å². The normalized spacial score (nSPS) is 12.2. The van der Waals surface area contributed by atoms with Crippen LogP contribution in [0, 0.1) is 6.92 Å². The summed E-state index contributed by atoms with van der Waals surface area (Å²) in [5.74, 6) is -1.14. The topological polar surface area (TPSA) is 81.3 Å². The summed E-state index contributed by atoms with van der Waals surface area (Å²) in [6, 6.07) is 12.4. The summed E-state index contributed by atoms with van der Waals surface area (Å²) in [5, 5.41) is 9.64. The van der Waals surface area contributed by atoms with E-state index in [1.165, 1.54) is 6.92 Å². The van der Waals surface area contributed by atoms with Crippen molar-refractivity contribution < 1.29 is 9.90 Å². The van der Waals surface area contributed by atoms with Gasteiger partial charge in [0.15, 0.2) is 0 Å². The molecule has 0 saturated heterocycles. The fourth-order valence-corrected chi connectivity index (χ4v) is 2.76. The van der Waals surface area contributed by atoms with E-state index in [-0.39, 0.29) is 0 Å². The molecule has 3 rings (SSSR count). The van der Waals surface area contributed by atoms with Crippen molar-refractivity contribution in [3.8, 4) is 5.69 Å². The molecular weight excluding hydrogens is 308 g/mol. The van der Waals surface area contributed by atoms with Gasteiger partial charge in [-0.3, -0.25) is 9.36 Å². The minimum Gasteiger partial charge on any atom is -0.480 e. The lowest BCUT2D eigenvalue weighted by atomic mass is 10.2. The first-order valence-electron chi connectivity index (χ1n) is 7.48. The monoisotopic (exact) mass is 324 g/mol. The van der Waals surface area contributed by atoms with Crippen LogP contribution in [0.5, 0.6) is 0 Å². The van der Waals surface area contributed by atoms with Crippen molar-refractivity contribution in [1.82, 2.24) is 9.13 Å². The average Bonchev–Trinajstić information content (AvgIpc) is 2.55. The van der Waals surface area contributed by atoms with Gasteiger partial charge < -0.3 is 5.11 Å². The Hall–Kier alpha value is -3.15. The van der Waals surface area contributed by atoms with E-state index in [0.717, 1.165) is 14.7 Å². The van der Waals surface area contributed by atoms with Crippen LogP contribution in [-0.4, -0.2) is 20.2 Å². The molecule has 0 fully saturated rings. The third-order valence-corrected chi connectivity index (χ3v) is 4.00. The van der Waals surface area contributed by atoms with Gasteiger partial charge >= 0.3 is 11.7 Å². The smallest absolute Gasteiger partial charge is 0.336 e. The largest absolute Gasteiger partial charge is 0.480 e. The molecule has 3 aromatic rings. The standard InChI is InChI=1S/C18H16N2O4/c1-11-6-5-7-13(10-11)20-16(21)14-8-3-4-9-15(14)19(18(20)24)12(2)17(22)23/h3-10,12H,1-2H3,(H,22,23)/t12-/m0/s1. The zero-order chi connectivity index (χ0) is 17.4. The second kappa shape index (κ2) is 5.81. The number of rotatable bonds is 3. The van der Waals surface area contributed by atoms with Gasteiger partial charge in [-0.1, -0.05) is 24.3 Å². The third kappa shape index (κ3) is 2.42. The summed E-state index contributed by atoms with van der Waals surface area (Å²) in [4.78, 5) is 37.2. The minimum atomic E-state index is -1.14. The maximum Gasteiger partial charge on any atom is 0.336 e. The zero-order valence-electron chi connectivity index (χ0n) is 13.3. The predicted octanol–water partition coefficient (Wildman–Crippen LogP) is 2.11. The molecule has 1 aromatic heterocycles. The zero-order valence-corrected chi connectivity index (χ0v) is 13.3. The summed E-state index contributed by atoms with van der Waals surface area (Å²) in [6.07, 6.45) is 0. The molecule has 0 radical (unpaired) electrons. The molecule has 0 amide bonds. The second-order valence-corrected chi connectivity index (χ2v) is 5.66. The van der Waals surface area contributed by atoms with E-state index >= 15 is 0 Å². The minimum absolute atomic E-state index is 0.298. The molecule has 0 aliphatic heterocycles. The van der Waals surface area contributed by atoms with E-state index in [9.17, 15) is 19.5 Å². The van der Waals surface area contributed by atoms with E-state index in [0.29, 0.717) is 16.6 Å². The van der Waals surface area contributed by atoms with Crippen LogP contribution in [0.2, 0.25) is 0 Å². The van der Waals surface area contributed by atoms with Crippen molar-refractivity contribution in [3.05, 3.63) is 74.9 Å². The number of carbonyl (C=O) groups is 1. The average molecular weight is 324 g/mol. The summed E-state index contributed by atoms with van der Waals surface area (Å²) in [5.41, 5.74) is 0.493. The van der Waals surface area contributed by atoms with E-state index < -0.39 is 23.3 Å². The Bertz CT molecular complexity index is 1060. The number of carboxylic acids is 1. The van der Waals surface area contributed by atoms with Gasteiger partial charge in [-0.2, -0.15) is 0 Å². The molecular formula is C18H16N2O4. The van der Waals surface area contributed by atoms with Crippen LogP contribution in [0.25, 0.3) is 16.6 Å². The van der Waals surface area contributed by atoms with Crippen LogP contribution < -0.4 is 11.2 Å². The van der Waals surface area contributed by atoms with Crippen molar-refractivity contribution in [1.29, 1.82) is 0 Å². The highest BCUT2D eigenvalue weighted by Gasteiger charge is 2.21. The first-order chi connectivity index (χ1) is 11.4. The van der Waals surface area contributed by atoms with Gasteiger partial charge in [0.05, 0.1) is 16.6 Å². The maximum atomic E-state index is 12.9. The molecule has 0 bridgehead atoms. The summed E-state index contributed by atoms with van der Waals surface area (Å²) < 4.78 is 2.16. The number of hydrogen-bond acceptors (Lipinski definition) is 3. The number of para-hydroxylation sites is 1. The molecule has 0 spiro atoms. The van der Waals surface area contributed by atoms with Gasteiger partial charge in [0, 0.05) is 0 Å². The van der Waals surface area contributed by atoms with Crippen molar-refractivity contribution >= 4 is 16.9 Å². The number of aryl methyl sites for hydroxylation is 1. The Morgan fingerprint density at radius 1 is 1.08 bits per heavy atom. The Morgan fingerprint density at radius 3 is 2.46 bits per heavy atom. The molecule has 122 valence electrons. The fraction of sp³-hybridized carbons (Fsp3) is 0.167. The van der Waals surface area contributed by atoms with Gasteiger partial charge in [0.2, 0.25) is 0 Å². The molecule has 0 saturated carbocycles. The van der Waals surface area contributed by atoms with Gasteiger partial charge in [0.25, 0.3) is 5.56 Å². The van der Waals surface area contributed by atoms with Gasteiger partial charge in [-0.25, -0.2) is 14.2 Å². The van der Waals surface area contributed by atoms with Crippen LogP contribution in [0.4, 0.5) is 0 Å². The fourth-order valence-electron chi connectivity index (χ4n) is 2.76. The summed E-state index contributed by atoms with van der Waals surface area (Å²) in [7, 11) is 0. The van der Waals surface area contributed by atoms with Crippen LogP contribution in [0.15, 0.2) is 58.1 Å². The van der Waals surface area contributed by atoms with Gasteiger partial charge in [-0.05, 0) is 43.7 Å². The number of benzene rings is 2. The molecule has 1 heterocycles. The highest BCUT2D eigenvalue weighted by molar-refractivity contribution is 5.81. The van der Waals surface area contributed by atoms with E-state index in [4.69, 9.17) is 0 Å². The highest BCUT2D eigenvalue weighted by atomic mass is 16.4.